The maximum absolute atomic E-state index is 13.3. The highest BCUT2D eigenvalue weighted by atomic mass is 16.6. The Bertz CT molecular complexity index is 2110. The fraction of sp³-hybridized carbons (Fsp3) is 0.462. The van der Waals surface area contributed by atoms with Crippen LogP contribution in [0.1, 0.15) is 186 Å². The van der Waals surface area contributed by atoms with Gasteiger partial charge in [-0.1, -0.05) is 132 Å². The van der Waals surface area contributed by atoms with Crippen molar-refractivity contribution in [2.75, 3.05) is 13.2 Å². The minimum Gasteiger partial charge on any atom is -0.462 e. The normalized spacial score (nSPS) is 16.5. The molecule has 4 aromatic rings. The topological polar surface area (TPSA) is 105 Å². The van der Waals surface area contributed by atoms with E-state index in [9.17, 15) is 19.2 Å². The van der Waals surface area contributed by atoms with E-state index in [1.54, 1.807) is 24.3 Å². The molecule has 0 aliphatic carbocycles. The summed E-state index contributed by atoms with van der Waals surface area (Å²) < 4.78 is 22.9. The van der Waals surface area contributed by atoms with Gasteiger partial charge in [-0.25, -0.2) is 9.59 Å². The zero-order valence-corrected chi connectivity index (χ0v) is 37.6. The Labute approximate surface area is 356 Å². The first-order valence-corrected chi connectivity index (χ1v) is 21.3. The molecule has 318 valence electrons. The summed E-state index contributed by atoms with van der Waals surface area (Å²) in [5, 5.41) is 0. The smallest absolute Gasteiger partial charge is 0.338 e. The molecule has 8 heteroatoms. The van der Waals surface area contributed by atoms with Gasteiger partial charge in [0.05, 0.1) is 24.3 Å². The monoisotopic (exact) mass is 814 g/mol. The predicted octanol–water partition coefficient (Wildman–Crippen LogP) is 11.6. The second-order valence-corrected chi connectivity index (χ2v) is 20.5. The van der Waals surface area contributed by atoms with Crippen LogP contribution in [-0.4, -0.2) is 37.1 Å². The van der Waals surface area contributed by atoms with Gasteiger partial charge < -0.3 is 18.9 Å². The van der Waals surface area contributed by atoms with Crippen LogP contribution < -0.4 is 9.47 Å². The molecule has 0 N–H and O–H groups in total. The molecule has 0 saturated heterocycles. The summed E-state index contributed by atoms with van der Waals surface area (Å²) in [4.78, 5) is 52.2. The van der Waals surface area contributed by atoms with Crippen molar-refractivity contribution in [3.8, 4) is 11.5 Å². The Morgan fingerprint density at radius 1 is 0.483 bits per heavy atom. The fourth-order valence-corrected chi connectivity index (χ4v) is 7.82. The van der Waals surface area contributed by atoms with Crippen molar-refractivity contribution >= 4 is 23.9 Å². The van der Waals surface area contributed by atoms with Gasteiger partial charge in [-0.05, 0) is 93.9 Å². The molecule has 2 heterocycles. The number of unbranched alkanes of at least 4 members (excludes halogenated alkanes) is 3. The van der Waals surface area contributed by atoms with Gasteiger partial charge >= 0.3 is 23.9 Å². The van der Waals surface area contributed by atoms with Gasteiger partial charge in [-0.3, -0.25) is 9.59 Å². The largest absolute Gasteiger partial charge is 0.462 e. The lowest BCUT2D eigenvalue weighted by atomic mass is 9.77. The number of ether oxygens (including phenoxy) is 4. The van der Waals surface area contributed by atoms with Crippen LogP contribution in [0.25, 0.3) is 0 Å². The molecule has 0 spiro atoms. The van der Waals surface area contributed by atoms with Crippen LogP contribution in [0.3, 0.4) is 0 Å². The van der Waals surface area contributed by atoms with E-state index in [2.05, 4.69) is 107 Å². The van der Waals surface area contributed by atoms with Gasteiger partial charge in [0, 0.05) is 22.3 Å². The van der Waals surface area contributed by atoms with Crippen LogP contribution in [0, 0.1) is 0 Å². The SMILES string of the molecule is CC(C)(C)c1cc2c(c(C(C)(C)C)c1)OC(=O)C2c1ccc(C(=O)OCCCCCCOC(=O)c2ccc(C3C(=O)Oc4c3cc(C(C)(C)C)cc4C(C)(C)C)cc2)cc1. The van der Waals surface area contributed by atoms with E-state index in [0.29, 0.717) is 35.5 Å². The van der Waals surface area contributed by atoms with Crippen molar-refractivity contribution in [2.45, 2.75) is 142 Å². The molecule has 0 fully saturated rings. The van der Waals surface area contributed by atoms with E-state index in [1.807, 2.05) is 24.3 Å². The third kappa shape index (κ3) is 9.53. The molecule has 2 aliphatic heterocycles. The lowest BCUT2D eigenvalue weighted by Crippen LogP contribution is -2.17. The predicted molar refractivity (Wildman–Crippen MR) is 235 cm³/mol. The molecule has 6 rings (SSSR count). The Morgan fingerprint density at radius 3 is 1.12 bits per heavy atom. The van der Waals surface area contributed by atoms with Crippen molar-refractivity contribution in [3.63, 3.8) is 0 Å². The molecule has 2 aliphatic rings. The zero-order chi connectivity index (χ0) is 43.9. The van der Waals surface area contributed by atoms with E-state index in [1.165, 1.54) is 0 Å². The summed E-state index contributed by atoms with van der Waals surface area (Å²) >= 11 is 0. The van der Waals surface area contributed by atoms with Gasteiger partial charge in [0.15, 0.2) is 0 Å². The maximum atomic E-state index is 13.3. The Balaban J connectivity index is 0.955. The van der Waals surface area contributed by atoms with Crippen LogP contribution in [0.5, 0.6) is 11.5 Å². The van der Waals surface area contributed by atoms with Gasteiger partial charge in [0.2, 0.25) is 0 Å². The Morgan fingerprint density at radius 2 is 0.817 bits per heavy atom. The molecule has 0 saturated carbocycles. The van der Waals surface area contributed by atoms with Crippen molar-refractivity contribution in [3.05, 3.63) is 128 Å². The summed E-state index contributed by atoms with van der Waals surface area (Å²) in [5.74, 6) is -1.32. The first-order chi connectivity index (χ1) is 27.9. The molecule has 0 amide bonds. The van der Waals surface area contributed by atoms with Crippen molar-refractivity contribution in [1.82, 2.24) is 0 Å². The highest BCUT2D eigenvalue weighted by Crippen LogP contribution is 2.49. The zero-order valence-electron chi connectivity index (χ0n) is 37.6. The maximum Gasteiger partial charge on any atom is 0.338 e. The minimum atomic E-state index is -0.569. The summed E-state index contributed by atoms with van der Waals surface area (Å²) in [6.45, 7) is 26.2. The van der Waals surface area contributed by atoms with Gasteiger partial charge in [0.1, 0.15) is 23.3 Å². The third-order valence-electron chi connectivity index (χ3n) is 11.5. The molecule has 4 aromatic carbocycles. The quantitative estimate of drug-likeness (QED) is 0.0837. The summed E-state index contributed by atoms with van der Waals surface area (Å²) in [5.41, 5.74) is 7.76. The molecule has 2 unspecified atom stereocenters. The van der Waals surface area contributed by atoms with E-state index >= 15 is 0 Å². The second kappa shape index (κ2) is 16.7. The van der Waals surface area contributed by atoms with Crippen molar-refractivity contribution in [2.24, 2.45) is 0 Å². The van der Waals surface area contributed by atoms with Crippen LogP contribution in [-0.2, 0) is 40.7 Å². The minimum absolute atomic E-state index is 0.111. The molecular weight excluding hydrogens is 753 g/mol. The number of hydrogen-bond acceptors (Lipinski definition) is 8. The highest BCUT2D eigenvalue weighted by Gasteiger charge is 2.41. The number of esters is 4. The van der Waals surface area contributed by atoms with Crippen LogP contribution >= 0.6 is 0 Å². The van der Waals surface area contributed by atoms with E-state index in [4.69, 9.17) is 18.9 Å². The molecule has 0 bridgehead atoms. The lowest BCUT2D eigenvalue weighted by Gasteiger charge is -2.27. The number of benzene rings is 4. The molecule has 8 nitrogen and oxygen atoms in total. The number of carbonyl (C=O) groups excluding carboxylic acids is 4. The van der Waals surface area contributed by atoms with Crippen LogP contribution in [0.4, 0.5) is 0 Å². The number of fused-ring (bicyclic) bond motifs is 2. The molecular formula is C52H62O8. The molecule has 2 atom stereocenters. The average molecular weight is 815 g/mol. The number of hydrogen-bond donors (Lipinski definition) is 0. The van der Waals surface area contributed by atoms with Gasteiger partial charge in [-0.15, -0.1) is 0 Å². The van der Waals surface area contributed by atoms with Gasteiger partial charge in [-0.2, -0.15) is 0 Å². The van der Waals surface area contributed by atoms with E-state index in [-0.39, 0.29) is 46.8 Å². The highest BCUT2D eigenvalue weighted by molar-refractivity contribution is 5.93. The summed E-state index contributed by atoms with van der Waals surface area (Å²) in [7, 11) is 0. The average Bonchev–Trinajstić information content (AvgIpc) is 3.68. The number of rotatable bonds is 11. The summed E-state index contributed by atoms with van der Waals surface area (Å²) in [6.07, 6.45) is 2.97. The molecule has 0 radical (unpaired) electrons. The van der Waals surface area contributed by atoms with Crippen molar-refractivity contribution in [1.29, 1.82) is 0 Å². The lowest BCUT2D eigenvalue weighted by molar-refractivity contribution is -0.134. The standard InChI is InChI=1S/C52H62O8/c1-49(2,3)35-27-37-41(47(55)59-43(37)39(29-35)51(7,8)9)31-17-21-33(22-18-31)45(53)57-25-15-13-14-16-26-58-46(54)34-23-19-32(20-24-34)42-38-28-36(50(4,5)6)30-40(52(10,11)12)44(38)60-48(42)56/h17-24,27-30,41-42H,13-16,25-26H2,1-12H3. The van der Waals surface area contributed by atoms with Crippen molar-refractivity contribution < 1.29 is 38.1 Å². The van der Waals surface area contributed by atoms with Gasteiger partial charge in [0.25, 0.3) is 0 Å². The summed E-state index contributed by atoms with van der Waals surface area (Å²) in [6, 6.07) is 22.5. The van der Waals surface area contributed by atoms with Crippen LogP contribution in [0.2, 0.25) is 0 Å². The van der Waals surface area contributed by atoms with Crippen LogP contribution in [0.15, 0.2) is 72.8 Å². The van der Waals surface area contributed by atoms with E-state index < -0.39 is 23.8 Å². The molecule has 60 heavy (non-hydrogen) atoms. The third-order valence-corrected chi connectivity index (χ3v) is 11.5. The number of carbonyl (C=O) groups is 4. The van der Waals surface area contributed by atoms with E-state index in [0.717, 1.165) is 57.3 Å². The molecule has 0 aromatic heterocycles. The first-order valence-electron chi connectivity index (χ1n) is 21.3. The first kappa shape index (κ1) is 44.3. The second-order valence-electron chi connectivity index (χ2n) is 20.5. The Kier molecular flexibility index (Phi) is 12.3. The Hall–Kier alpha value is -5.24. The fourth-order valence-electron chi connectivity index (χ4n) is 7.82.